The summed E-state index contributed by atoms with van der Waals surface area (Å²) in [5.41, 5.74) is 5.70. The Kier molecular flexibility index (Phi) is 26.8. The molecule has 0 unspecified atom stereocenters. The molecule has 0 atom stereocenters. The van der Waals surface area contributed by atoms with Gasteiger partial charge in [-0.1, -0.05) is 133 Å². The van der Waals surface area contributed by atoms with Crippen molar-refractivity contribution < 1.29 is 54.4 Å². The Morgan fingerprint density at radius 1 is 0.594 bits per heavy atom. The van der Waals surface area contributed by atoms with Gasteiger partial charge in [0.1, 0.15) is 49.1 Å². The predicted octanol–water partition coefficient (Wildman–Crippen LogP) is 12.5. The third-order valence-corrected chi connectivity index (χ3v) is 8.90. The molecule has 0 aromatic heterocycles. The smallest absolute Gasteiger partial charge is 0.335 e. The quantitative estimate of drug-likeness (QED) is 0.0295. The molecule has 6 rings (SSSR count). The number of carbonyl (C=O) groups is 4. The lowest BCUT2D eigenvalue weighted by molar-refractivity contribution is -0.137. The fraction of sp³-hybridized carbons (Fsp3) is 0.164. The van der Waals surface area contributed by atoms with Crippen LogP contribution in [0.2, 0.25) is 0 Å². The van der Waals surface area contributed by atoms with E-state index < -0.39 is 22.2 Å². The Morgan fingerprint density at radius 3 is 1.38 bits per heavy atom. The van der Waals surface area contributed by atoms with E-state index in [2.05, 4.69) is 19.6 Å². The zero-order valence-corrected chi connectivity index (χ0v) is 40.3. The standard InChI is InChI=1S/C26H24O5.C14H14O2.C12H12O4.C2H2.CHCl3/c1-3-25(27)30-22-12-9-20(10-13-22)11-16-26(28)31-24-15-14-23(17-19(24)2)29-18-21-7-5-4-6-8-21;1-11-9-13(7-8-14(11)15)16-10-12-5-3-2-4-6-12;1-2-12(15)16-10-6-3-9(4-7-10)5-8-11(13)14;1-2;2-1(3)4/h3-10,12-15,17H,1,11,16,18H2,2H3;2-9,15H,10H2,1H3;2-4,6-7H,1,5,8H2,(H,13,14);1-2H;1H/i;;;1D;. The van der Waals surface area contributed by atoms with E-state index in [1.165, 1.54) is 6.40 Å². The van der Waals surface area contributed by atoms with Gasteiger partial charge < -0.3 is 33.9 Å². The SMILES string of the molecule is C=CC(=O)Oc1ccc(CCC(=O)O)cc1.C=CC(=O)Oc1ccc(CCC(=O)Oc2ccc(OCc3ccccc3)cc2C)cc1.Cc1cc(OCc2ccccc2)ccc1O.ClC(Cl)Cl.[2H]C#C. The maximum absolute atomic E-state index is 12.3. The van der Waals surface area contributed by atoms with Gasteiger partial charge in [0.15, 0.2) is 4.30 Å². The van der Waals surface area contributed by atoms with Crippen molar-refractivity contribution in [2.75, 3.05) is 0 Å². The number of carboxylic acids is 1. The third-order valence-electron chi connectivity index (χ3n) is 8.90. The van der Waals surface area contributed by atoms with Crippen molar-refractivity contribution in [1.29, 1.82) is 0 Å². The van der Waals surface area contributed by atoms with Crippen molar-refractivity contribution in [2.45, 2.75) is 57.0 Å². The lowest BCUT2D eigenvalue weighted by Crippen LogP contribution is -2.10. The van der Waals surface area contributed by atoms with Crippen molar-refractivity contribution in [1.82, 2.24) is 0 Å². The number of hydrogen-bond acceptors (Lipinski definition) is 10. The number of aryl methyl sites for hydroxylation is 4. The molecule has 11 nitrogen and oxygen atoms in total. The average Bonchev–Trinajstić information content (AvgIpc) is 3.35. The van der Waals surface area contributed by atoms with Crippen molar-refractivity contribution >= 4 is 58.7 Å². The van der Waals surface area contributed by atoms with Crippen molar-refractivity contribution in [3.63, 3.8) is 0 Å². The number of alkyl halides is 3. The van der Waals surface area contributed by atoms with Crippen LogP contribution in [0.5, 0.6) is 34.5 Å². The van der Waals surface area contributed by atoms with Crippen LogP contribution < -0.4 is 23.7 Å². The number of esters is 3. The molecule has 0 bridgehead atoms. The van der Waals surface area contributed by atoms with Gasteiger partial charge in [-0.3, -0.25) is 9.59 Å². The highest BCUT2D eigenvalue weighted by Gasteiger charge is 2.10. The van der Waals surface area contributed by atoms with E-state index in [4.69, 9.17) is 65.0 Å². The van der Waals surface area contributed by atoms with Gasteiger partial charge in [0.05, 0.1) is 0 Å². The first kappa shape index (κ1) is 55.8. The van der Waals surface area contributed by atoms with E-state index in [1.54, 1.807) is 60.7 Å². The lowest BCUT2D eigenvalue weighted by Gasteiger charge is -2.11. The second kappa shape index (κ2) is 33.1. The maximum atomic E-state index is 12.3. The number of phenolic OH excluding ortho intramolecular Hbond substituents is 1. The largest absolute Gasteiger partial charge is 0.508 e. The van der Waals surface area contributed by atoms with Crippen LogP contribution in [-0.2, 0) is 45.2 Å². The minimum absolute atomic E-state index is 0.0891. The Bertz CT molecular complexity index is 2580. The minimum Gasteiger partial charge on any atom is -0.508 e. The molecule has 0 amide bonds. The minimum atomic E-state index is -0.831. The second-order valence-electron chi connectivity index (χ2n) is 14.1. The number of carboxylic acid groups (broad SMARTS) is 1. The molecule has 6 aromatic carbocycles. The van der Waals surface area contributed by atoms with Crippen LogP contribution in [0.15, 0.2) is 171 Å². The molecule has 360 valence electrons. The van der Waals surface area contributed by atoms with Crippen LogP contribution in [0.4, 0.5) is 0 Å². The highest BCUT2D eigenvalue weighted by Crippen LogP contribution is 2.25. The first-order valence-electron chi connectivity index (χ1n) is 21.4. The molecule has 0 radical (unpaired) electrons. The van der Waals surface area contributed by atoms with Crippen LogP contribution in [0, 0.1) is 26.7 Å². The van der Waals surface area contributed by atoms with Crippen LogP contribution in [0.1, 0.15) is 47.6 Å². The fourth-order valence-electron chi connectivity index (χ4n) is 5.46. The molecular weight excluding hydrogens is 943 g/mol. The molecule has 0 fully saturated rings. The Balaban J connectivity index is 0.000000363. The van der Waals surface area contributed by atoms with Crippen LogP contribution in [-0.4, -0.2) is 38.4 Å². The zero-order chi connectivity index (χ0) is 51.7. The van der Waals surface area contributed by atoms with E-state index >= 15 is 0 Å². The zero-order valence-electron chi connectivity index (χ0n) is 39.0. The number of terminal acetylenes is 1. The topological polar surface area (TPSA) is 155 Å². The molecule has 14 heteroatoms. The lowest BCUT2D eigenvalue weighted by atomic mass is 10.1. The summed E-state index contributed by atoms with van der Waals surface area (Å²) >= 11 is 14.4. The van der Waals surface area contributed by atoms with Gasteiger partial charge in [0.2, 0.25) is 0 Å². The number of hydrogen-bond donors (Lipinski definition) is 2. The summed E-state index contributed by atoms with van der Waals surface area (Å²) in [6.07, 6.45) is 9.26. The number of aliphatic carboxylic acids is 1. The second-order valence-corrected chi connectivity index (χ2v) is 16.1. The highest BCUT2D eigenvalue weighted by atomic mass is 35.6. The van der Waals surface area contributed by atoms with Crippen molar-refractivity contribution in [3.05, 3.63) is 204 Å². The van der Waals surface area contributed by atoms with Crippen LogP contribution in [0.3, 0.4) is 0 Å². The normalized spacial score (nSPS) is 9.78. The molecule has 0 saturated carbocycles. The van der Waals surface area contributed by atoms with Gasteiger partial charge in [0.25, 0.3) is 0 Å². The van der Waals surface area contributed by atoms with Crippen LogP contribution in [0.25, 0.3) is 0 Å². The molecule has 0 aliphatic heterocycles. The van der Waals surface area contributed by atoms with Gasteiger partial charge in [-0.25, -0.2) is 9.59 Å². The van der Waals surface area contributed by atoms with Crippen molar-refractivity contribution in [3.8, 4) is 47.3 Å². The van der Waals surface area contributed by atoms with Crippen molar-refractivity contribution in [2.24, 2.45) is 0 Å². The number of ether oxygens (including phenoxy) is 5. The summed E-state index contributed by atoms with van der Waals surface area (Å²) in [6.45, 7) is 11.4. The maximum Gasteiger partial charge on any atom is 0.335 e. The summed E-state index contributed by atoms with van der Waals surface area (Å²) in [4.78, 5) is 44.7. The monoisotopic (exact) mass is 995 g/mol. The van der Waals surface area contributed by atoms with Gasteiger partial charge >= 0.3 is 23.9 Å². The predicted molar refractivity (Wildman–Crippen MR) is 271 cm³/mol. The van der Waals surface area contributed by atoms with E-state index in [-0.39, 0.29) is 18.8 Å². The Labute approximate surface area is 419 Å². The third kappa shape index (κ3) is 25.3. The Morgan fingerprint density at radius 2 is 0.986 bits per heavy atom. The molecule has 0 aliphatic carbocycles. The van der Waals surface area contributed by atoms with Gasteiger partial charge in [-0.15, -0.1) is 12.8 Å². The molecule has 0 aliphatic rings. The number of halogens is 3. The highest BCUT2D eigenvalue weighted by molar-refractivity contribution is 6.63. The number of phenols is 1. The molecule has 6 aromatic rings. The molecule has 0 heterocycles. The summed E-state index contributed by atoms with van der Waals surface area (Å²) < 4.78 is 31.8. The summed E-state index contributed by atoms with van der Waals surface area (Å²) in [5.74, 6) is 0.991. The number of rotatable bonds is 17. The molecule has 69 heavy (non-hydrogen) atoms. The summed E-state index contributed by atoms with van der Waals surface area (Å²) in [5, 5.41) is 17.9. The number of carbonyl (C=O) groups excluding carboxylic acids is 3. The van der Waals surface area contributed by atoms with E-state index in [9.17, 15) is 24.3 Å². The molecule has 2 N–H and O–H groups in total. The van der Waals surface area contributed by atoms with Gasteiger partial charge in [-0.05, 0) is 121 Å². The van der Waals surface area contributed by atoms with Crippen LogP contribution >= 0.6 is 34.8 Å². The van der Waals surface area contributed by atoms with E-state index in [1.807, 2.05) is 98.8 Å². The van der Waals surface area contributed by atoms with E-state index in [0.717, 1.165) is 57.0 Å². The van der Waals surface area contributed by atoms with Gasteiger partial charge in [-0.2, -0.15) is 0 Å². The first-order valence-corrected chi connectivity index (χ1v) is 22.2. The van der Waals surface area contributed by atoms with E-state index in [0.29, 0.717) is 49.1 Å². The van der Waals surface area contributed by atoms with Gasteiger partial charge in [0, 0.05) is 25.0 Å². The number of aromatic hydroxyl groups is 1. The molecular formula is C55H53Cl3O11. The average molecular weight is 997 g/mol. The number of benzene rings is 6. The molecule has 0 saturated heterocycles. The summed E-state index contributed by atoms with van der Waals surface area (Å²) in [7, 11) is 0. The fourth-order valence-corrected chi connectivity index (χ4v) is 5.46. The first-order chi connectivity index (χ1) is 33.5. The molecule has 0 spiro atoms. The Hall–Kier alpha value is -7.49. The summed E-state index contributed by atoms with van der Waals surface area (Å²) in [6, 6.07) is 44.2.